The summed E-state index contributed by atoms with van der Waals surface area (Å²) < 4.78 is 46.7. The number of ether oxygens (including phenoxy) is 8. The van der Waals surface area contributed by atoms with Gasteiger partial charge in [0.1, 0.15) is 5.78 Å². The molecule has 0 saturated carbocycles. The number of ketones is 1. The number of hydrogen-bond donors (Lipinski definition) is 6. The van der Waals surface area contributed by atoms with Crippen LogP contribution in [-0.4, -0.2) is 181 Å². The van der Waals surface area contributed by atoms with Gasteiger partial charge in [0.2, 0.25) is 35.4 Å². The minimum absolute atomic E-state index is 0. The van der Waals surface area contributed by atoms with Crippen LogP contribution in [0.5, 0.6) is 0 Å². The Morgan fingerprint density at radius 1 is 0.373 bits per heavy atom. The number of unbranched alkanes of at least 4 members (excludes halogenated alkanes) is 4. The molecule has 0 radical (unpaired) electrons. The van der Waals surface area contributed by atoms with Gasteiger partial charge in [-0.05, 0) is 57.8 Å². The Labute approximate surface area is 477 Å². The second-order valence-corrected chi connectivity index (χ2v) is 17.2. The van der Waals surface area contributed by atoms with Gasteiger partial charge in [0, 0.05) is 154 Å². The Kier molecular flexibility index (Phi) is 63.6. The van der Waals surface area contributed by atoms with Crippen LogP contribution in [0.15, 0.2) is 0 Å². The molecule has 0 aliphatic carbocycles. The fraction of sp³-hybridized carbons (Fsp3) is 0.840. The minimum Gasteiger partial charge on any atom is -0.668 e. The first-order valence-electron chi connectivity index (χ1n) is 24.8. The summed E-state index contributed by atoms with van der Waals surface area (Å²) in [5.41, 5.74) is 16.0. The molecule has 0 atom stereocenters. The molecule has 0 heterocycles. The molecular formula is C50H98N7O16W2-. The number of rotatable bonds is 49. The van der Waals surface area contributed by atoms with Gasteiger partial charge in [0.15, 0.2) is 0 Å². The Bertz CT molecular complexity index is 1360. The molecule has 23 nitrogen and oxygen atoms in total. The zero-order valence-corrected chi connectivity index (χ0v) is 50.2. The van der Waals surface area contributed by atoms with Gasteiger partial charge in [0.05, 0.1) is 90.1 Å². The summed E-state index contributed by atoms with van der Waals surface area (Å²) in [7, 11) is 6.40. The van der Waals surface area contributed by atoms with E-state index < -0.39 is 28.6 Å². The van der Waals surface area contributed by atoms with Crippen molar-refractivity contribution in [1.82, 2.24) is 21.3 Å². The molecule has 25 heteroatoms. The quantitative estimate of drug-likeness (QED) is 0.0477. The van der Waals surface area contributed by atoms with Crippen molar-refractivity contribution < 1.29 is 118 Å². The second-order valence-electron chi connectivity index (χ2n) is 17.2. The zero-order chi connectivity index (χ0) is 53.4. The number of amides is 7. The van der Waals surface area contributed by atoms with Crippen molar-refractivity contribution >= 4 is 47.1 Å². The molecule has 0 aromatic rings. The molecule has 9 N–H and O–H groups in total. The molecular weight excluding hydrogens is 1320 g/mol. The van der Waals surface area contributed by atoms with E-state index in [0.717, 1.165) is 38.5 Å². The van der Waals surface area contributed by atoms with Crippen LogP contribution in [0.3, 0.4) is 0 Å². The molecule has 0 unspecified atom stereocenters. The smallest absolute Gasteiger partial charge is 0.222 e. The molecule has 0 aromatic heterocycles. The summed E-state index contributed by atoms with van der Waals surface area (Å²) in [6, 6.07) is 0. The van der Waals surface area contributed by atoms with Gasteiger partial charge in [0.25, 0.3) is 0 Å². The Hall–Kier alpha value is -2.98. The van der Waals surface area contributed by atoms with Crippen molar-refractivity contribution in [3.63, 3.8) is 0 Å². The molecule has 0 fully saturated rings. The van der Waals surface area contributed by atoms with E-state index in [0.29, 0.717) is 91.4 Å². The summed E-state index contributed by atoms with van der Waals surface area (Å²) in [4.78, 5) is 90.1. The van der Waals surface area contributed by atoms with Crippen LogP contribution in [0.4, 0.5) is 0 Å². The summed E-state index contributed by atoms with van der Waals surface area (Å²) in [6.07, 6.45) is 8.25. The van der Waals surface area contributed by atoms with Gasteiger partial charge >= 0.3 is 0 Å². The van der Waals surface area contributed by atoms with Crippen LogP contribution in [0.2, 0.25) is 0 Å². The van der Waals surface area contributed by atoms with Crippen molar-refractivity contribution in [3.05, 3.63) is 5.73 Å². The topological polar surface area (TPSA) is 334 Å². The van der Waals surface area contributed by atoms with Gasteiger partial charge in [-0.25, -0.2) is 0 Å². The SMILES string of the molecule is C.C.CCC(=O)CCOCC(COCCC(N)=O)(COCCC(N)=O)COCCC(=O)NC.CNC(=O)CCCCOCC(COCCCCC([NH-])=O)(COCCCCC(=O)NC)COCCCCC(=O)NC.[W].[W]. The number of nitrogens with one attached hydrogen (secondary N) is 5. The molecule has 0 bridgehead atoms. The molecule has 442 valence electrons. The summed E-state index contributed by atoms with van der Waals surface area (Å²) in [5, 5.41) is 10.4. The predicted octanol–water partition coefficient (Wildman–Crippen LogP) is 3.10. The van der Waals surface area contributed by atoms with E-state index in [-0.39, 0.29) is 171 Å². The van der Waals surface area contributed by atoms with Crippen molar-refractivity contribution in [3.8, 4) is 0 Å². The summed E-state index contributed by atoms with van der Waals surface area (Å²) >= 11 is 0. The average Bonchev–Trinajstić information content (AvgIpc) is 3.35. The Balaban J connectivity index is -0.000000310. The van der Waals surface area contributed by atoms with Crippen LogP contribution in [0.1, 0.15) is 131 Å². The predicted molar refractivity (Wildman–Crippen MR) is 278 cm³/mol. The van der Waals surface area contributed by atoms with E-state index in [9.17, 15) is 38.4 Å². The first kappa shape index (κ1) is 83.3. The molecule has 0 aliphatic heterocycles. The molecule has 0 aromatic carbocycles. The van der Waals surface area contributed by atoms with E-state index in [1.54, 1.807) is 28.1 Å². The van der Waals surface area contributed by atoms with E-state index in [2.05, 4.69) is 21.3 Å². The second kappa shape index (κ2) is 57.2. The van der Waals surface area contributed by atoms with Crippen molar-refractivity contribution in [2.45, 2.75) is 131 Å². The van der Waals surface area contributed by atoms with Gasteiger partial charge < -0.3 is 81.2 Å². The summed E-state index contributed by atoms with van der Waals surface area (Å²) in [5.74, 6) is -1.61. The molecule has 0 aliphatic rings. The number of hydrogen-bond acceptors (Lipinski definition) is 16. The molecule has 0 spiro atoms. The number of primary amides is 2. The number of carbonyl (C=O) groups excluding carboxylic acids is 8. The van der Waals surface area contributed by atoms with E-state index in [1.807, 2.05) is 0 Å². The maximum Gasteiger partial charge on any atom is 0.222 e. The number of carbonyl (C=O) groups is 8. The zero-order valence-electron chi connectivity index (χ0n) is 44.3. The van der Waals surface area contributed by atoms with E-state index >= 15 is 0 Å². The Morgan fingerprint density at radius 2 is 0.613 bits per heavy atom. The largest absolute Gasteiger partial charge is 0.668 e. The van der Waals surface area contributed by atoms with E-state index in [4.69, 9.17) is 55.1 Å². The van der Waals surface area contributed by atoms with Gasteiger partial charge in [-0.1, -0.05) is 21.8 Å². The number of nitrogens with two attached hydrogens (primary N) is 2. The Morgan fingerprint density at radius 3 is 0.867 bits per heavy atom. The van der Waals surface area contributed by atoms with Crippen molar-refractivity contribution in [2.75, 3.05) is 134 Å². The van der Waals surface area contributed by atoms with Crippen LogP contribution < -0.4 is 32.7 Å². The minimum atomic E-state index is -0.784. The molecule has 0 saturated heterocycles. The fourth-order valence-electron chi connectivity index (χ4n) is 6.14. The maximum absolute atomic E-state index is 11.5. The average molecular weight is 1420 g/mol. The third-order valence-electron chi connectivity index (χ3n) is 10.5. The first-order chi connectivity index (χ1) is 34.0. The fourth-order valence-corrected chi connectivity index (χ4v) is 6.14. The monoisotopic (exact) mass is 1420 g/mol. The van der Waals surface area contributed by atoms with Crippen molar-refractivity contribution in [1.29, 1.82) is 0 Å². The van der Waals surface area contributed by atoms with Crippen LogP contribution in [0.25, 0.3) is 5.73 Å². The van der Waals surface area contributed by atoms with Crippen LogP contribution >= 0.6 is 0 Å². The van der Waals surface area contributed by atoms with Crippen LogP contribution in [0, 0.1) is 10.8 Å². The van der Waals surface area contributed by atoms with Crippen LogP contribution in [-0.2, 0) is 118 Å². The molecule has 0 rings (SSSR count). The summed E-state index contributed by atoms with van der Waals surface area (Å²) in [6.45, 7) is 6.23. The van der Waals surface area contributed by atoms with Crippen molar-refractivity contribution in [2.24, 2.45) is 22.3 Å². The van der Waals surface area contributed by atoms with E-state index in [1.165, 1.54) is 7.05 Å². The molecule has 7 amide bonds. The standard InChI is InChI=1S/C28H54N4O8.C20H37N3O8.2CH4.2W/c1-30-25(34)13-5-9-17-38-21-28(20-37-16-8-4-12-24(29)33,22-39-18-10-6-14-26(35)31-2)23-40-19-11-7-15-27(36)32-3;1-3-16(24)4-8-28-12-20(13-29-9-5-17(21)25,14-30-10-6-18(22)26)15-31-11-7-19(27)23-2;;;;/h4-23H2,1-3H3,(H5,29,30,31,32,33,34,35,36);3-15H2,1-2H3,(H2,21,25)(H2,22,26)(H,23,27);2*1H4;;/p-1. The maximum atomic E-state index is 11.5. The number of Topliss-reactive ketones (excluding diaryl/α,β-unsaturated/α-hetero) is 1. The normalized spacial score (nSPS) is 10.7. The van der Waals surface area contributed by atoms with Gasteiger partial charge in [-0.3, -0.25) is 33.6 Å². The van der Waals surface area contributed by atoms with Gasteiger partial charge in [-0.15, -0.1) is 0 Å². The molecule has 75 heavy (non-hydrogen) atoms. The van der Waals surface area contributed by atoms with Gasteiger partial charge in [-0.2, -0.15) is 0 Å². The third-order valence-corrected chi connectivity index (χ3v) is 10.5. The first-order valence-corrected chi connectivity index (χ1v) is 24.8. The third kappa shape index (κ3) is 54.2.